The molecule has 0 saturated carbocycles. The fourth-order valence-corrected chi connectivity index (χ4v) is 3.85. The van der Waals surface area contributed by atoms with E-state index in [1.807, 2.05) is 24.8 Å². The van der Waals surface area contributed by atoms with Gasteiger partial charge in [-0.05, 0) is 50.3 Å². The molecule has 132 valence electrons. The Morgan fingerprint density at radius 1 is 1.12 bits per heavy atom. The average Bonchev–Trinajstić information content (AvgIpc) is 2.63. The Hall–Kier alpha value is -2.29. The summed E-state index contributed by atoms with van der Waals surface area (Å²) in [6.07, 6.45) is 1.53. The molecule has 0 saturated heterocycles. The molecule has 0 radical (unpaired) electrons. The third-order valence-electron chi connectivity index (χ3n) is 5.24. The van der Waals surface area contributed by atoms with E-state index in [9.17, 15) is 4.79 Å². The first kappa shape index (κ1) is 17.5. The second-order valence-corrected chi connectivity index (χ2v) is 6.93. The van der Waals surface area contributed by atoms with Crippen molar-refractivity contribution in [2.24, 2.45) is 5.92 Å². The van der Waals surface area contributed by atoms with Crippen molar-refractivity contribution < 1.29 is 4.79 Å². The van der Waals surface area contributed by atoms with E-state index in [1.165, 1.54) is 22.4 Å². The second-order valence-electron chi connectivity index (χ2n) is 6.93. The number of amides is 1. The summed E-state index contributed by atoms with van der Waals surface area (Å²) in [4.78, 5) is 14.7. The van der Waals surface area contributed by atoms with Gasteiger partial charge in [-0.15, -0.1) is 0 Å². The standard InChI is InChI=1S/C22H28N2O/c1-4-24(5-2)21(25)15-19-14-18-13-16(3)11-12-20(18)23-22(19)17-9-7-6-8-10-17/h6-13,19,22-23H,4-5,14-15H2,1-3H3/t19-,22+/m0/s1. The van der Waals surface area contributed by atoms with Gasteiger partial charge >= 0.3 is 0 Å². The number of rotatable bonds is 5. The molecule has 1 N–H and O–H groups in total. The zero-order valence-electron chi connectivity index (χ0n) is 15.5. The molecule has 25 heavy (non-hydrogen) atoms. The van der Waals surface area contributed by atoms with Gasteiger partial charge in [0.1, 0.15) is 0 Å². The predicted molar refractivity (Wildman–Crippen MR) is 104 cm³/mol. The Kier molecular flexibility index (Phi) is 5.42. The number of nitrogens with zero attached hydrogens (tertiary/aromatic N) is 1. The van der Waals surface area contributed by atoms with E-state index < -0.39 is 0 Å². The lowest BCUT2D eigenvalue weighted by atomic mass is 9.81. The van der Waals surface area contributed by atoms with Crippen LogP contribution < -0.4 is 5.32 Å². The number of fused-ring (bicyclic) bond motifs is 1. The molecule has 1 aliphatic heterocycles. The second kappa shape index (κ2) is 7.73. The maximum Gasteiger partial charge on any atom is 0.222 e. The van der Waals surface area contributed by atoms with Crippen LogP contribution in [0.5, 0.6) is 0 Å². The van der Waals surface area contributed by atoms with E-state index in [4.69, 9.17) is 0 Å². The first-order valence-electron chi connectivity index (χ1n) is 9.31. The molecule has 0 bridgehead atoms. The molecular weight excluding hydrogens is 308 g/mol. The van der Waals surface area contributed by atoms with Crippen LogP contribution in [0.15, 0.2) is 48.5 Å². The minimum absolute atomic E-state index is 0.177. The van der Waals surface area contributed by atoms with Gasteiger partial charge in [-0.2, -0.15) is 0 Å². The van der Waals surface area contributed by atoms with Gasteiger partial charge in [-0.3, -0.25) is 4.79 Å². The number of aryl methyl sites for hydroxylation is 1. The highest BCUT2D eigenvalue weighted by Crippen LogP contribution is 2.39. The lowest BCUT2D eigenvalue weighted by Gasteiger charge is -2.36. The molecule has 3 heteroatoms. The van der Waals surface area contributed by atoms with Crippen molar-refractivity contribution in [1.29, 1.82) is 0 Å². The van der Waals surface area contributed by atoms with Crippen molar-refractivity contribution in [3.8, 4) is 0 Å². The smallest absolute Gasteiger partial charge is 0.222 e. The monoisotopic (exact) mass is 336 g/mol. The number of nitrogens with one attached hydrogen (secondary N) is 1. The van der Waals surface area contributed by atoms with Crippen LogP contribution in [-0.4, -0.2) is 23.9 Å². The van der Waals surface area contributed by atoms with Crippen LogP contribution >= 0.6 is 0 Å². The normalized spacial score (nSPS) is 19.0. The van der Waals surface area contributed by atoms with Crippen molar-refractivity contribution in [2.45, 2.75) is 39.7 Å². The lowest BCUT2D eigenvalue weighted by molar-refractivity contribution is -0.132. The van der Waals surface area contributed by atoms with Crippen LogP contribution in [0.3, 0.4) is 0 Å². The number of carbonyl (C=O) groups excluding carboxylic acids is 1. The van der Waals surface area contributed by atoms with E-state index >= 15 is 0 Å². The Morgan fingerprint density at radius 2 is 1.84 bits per heavy atom. The number of hydrogen-bond donors (Lipinski definition) is 1. The van der Waals surface area contributed by atoms with E-state index in [1.54, 1.807) is 0 Å². The van der Waals surface area contributed by atoms with Gasteiger partial charge in [0.2, 0.25) is 5.91 Å². The van der Waals surface area contributed by atoms with Crippen LogP contribution in [-0.2, 0) is 11.2 Å². The topological polar surface area (TPSA) is 32.3 Å². The van der Waals surface area contributed by atoms with Crippen molar-refractivity contribution in [2.75, 3.05) is 18.4 Å². The fraction of sp³-hybridized carbons (Fsp3) is 0.409. The van der Waals surface area contributed by atoms with Crippen LogP contribution in [0.4, 0.5) is 5.69 Å². The number of anilines is 1. The zero-order chi connectivity index (χ0) is 17.8. The summed E-state index contributed by atoms with van der Waals surface area (Å²) < 4.78 is 0. The Balaban J connectivity index is 1.90. The van der Waals surface area contributed by atoms with Crippen LogP contribution in [0.25, 0.3) is 0 Å². The SMILES string of the molecule is CCN(CC)C(=O)C[C@@H]1Cc2cc(C)ccc2N[C@@H]1c1ccccc1. The number of hydrogen-bond acceptors (Lipinski definition) is 2. The lowest BCUT2D eigenvalue weighted by Crippen LogP contribution is -2.36. The molecule has 0 aromatic heterocycles. The van der Waals surface area contributed by atoms with Crippen LogP contribution in [0.1, 0.15) is 43.0 Å². The first-order valence-corrected chi connectivity index (χ1v) is 9.31. The molecule has 2 aromatic rings. The minimum atomic E-state index is 0.177. The Labute approximate surface area is 151 Å². The zero-order valence-corrected chi connectivity index (χ0v) is 15.5. The molecule has 1 heterocycles. The summed E-state index contributed by atoms with van der Waals surface area (Å²) in [6.45, 7) is 7.78. The van der Waals surface area contributed by atoms with Gasteiger partial charge in [0.25, 0.3) is 0 Å². The summed E-state index contributed by atoms with van der Waals surface area (Å²) in [5.41, 5.74) is 5.05. The predicted octanol–water partition coefficient (Wildman–Crippen LogP) is 4.58. The number of benzene rings is 2. The molecule has 0 spiro atoms. The molecule has 1 amide bonds. The maximum absolute atomic E-state index is 12.7. The Bertz CT molecular complexity index is 722. The van der Waals surface area contributed by atoms with Gasteiger partial charge in [0, 0.05) is 25.2 Å². The van der Waals surface area contributed by atoms with Crippen molar-refractivity contribution in [3.05, 3.63) is 65.2 Å². The quantitative estimate of drug-likeness (QED) is 0.867. The van der Waals surface area contributed by atoms with Crippen LogP contribution in [0.2, 0.25) is 0 Å². The van der Waals surface area contributed by atoms with Crippen molar-refractivity contribution >= 4 is 11.6 Å². The minimum Gasteiger partial charge on any atom is -0.378 e. The summed E-state index contributed by atoms with van der Waals surface area (Å²) >= 11 is 0. The summed E-state index contributed by atoms with van der Waals surface area (Å²) in [6, 6.07) is 17.2. The molecule has 3 rings (SSSR count). The molecular formula is C22H28N2O. The average molecular weight is 336 g/mol. The highest BCUT2D eigenvalue weighted by Gasteiger charge is 2.31. The third-order valence-corrected chi connectivity index (χ3v) is 5.24. The van der Waals surface area contributed by atoms with Gasteiger partial charge in [-0.1, -0.05) is 48.0 Å². The van der Waals surface area contributed by atoms with Gasteiger partial charge in [0.15, 0.2) is 0 Å². The molecule has 2 atom stereocenters. The molecule has 0 aliphatic carbocycles. The molecule has 2 aromatic carbocycles. The van der Waals surface area contributed by atoms with Gasteiger partial charge < -0.3 is 10.2 Å². The molecule has 3 nitrogen and oxygen atoms in total. The van der Waals surface area contributed by atoms with Crippen LogP contribution in [0, 0.1) is 12.8 Å². The van der Waals surface area contributed by atoms with E-state index in [-0.39, 0.29) is 17.9 Å². The largest absolute Gasteiger partial charge is 0.378 e. The Morgan fingerprint density at radius 3 is 2.52 bits per heavy atom. The van der Waals surface area contributed by atoms with Gasteiger partial charge in [0.05, 0.1) is 6.04 Å². The van der Waals surface area contributed by atoms with Crippen molar-refractivity contribution in [3.63, 3.8) is 0 Å². The number of carbonyl (C=O) groups is 1. The highest BCUT2D eigenvalue weighted by molar-refractivity contribution is 5.77. The summed E-state index contributed by atoms with van der Waals surface area (Å²) in [7, 11) is 0. The first-order chi connectivity index (χ1) is 12.1. The highest BCUT2D eigenvalue weighted by atomic mass is 16.2. The maximum atomic E-state index is 12.7. The van der Waals surface area contributed by atoms with E-state index in [2.05, 4.69) is 54.7 Å². The summed E-state index contributed by atoms with van der Waals surface area (Å²) in [5, 5.41) is 3.70. The van der Waals surface area contributed by atoms with E-state index in [0.29, 0.717) is 6.42 Å². The van der Waals surface area contributed by atoms with E-state index in [0.717, 1.165) is 19.5 Å². The molecule has 0 unspecified atom stereocenters. The molecule has 1 aliphatic rings. The summed E-state index contributed by atoms with van der Waals surface area (Å²) in [5.74, 6) is 0.527. The van der Waals surface area contributed by atoms with Crippen molar-refractivity contribution in [1.82, 2.24) is 4.90 Å². The van der Waals surface area contributed by atoms with Gasteiger partial charge in [-0.25, -0.2) is 0 Å². The fourth-order valence-electron chi connectivity index (χ4n) is 3.85. The molecule has 0 fully saturated rings. The third kappa shape index (κ3) is 3.87.